The smallest absolute Gasteiger partial charge is 0.0569 e. The molecule has 0 radical (unpaired) electrons. The van der Waals surface area contributed by atoms with Gasteiger partial charge in [0.1, 0.15) is 0 Å². The maximum absolute atomic E-state index is 6.85. The molecule has 0 nitrogen and oxygen atoms in total. The molecule has 0 unspecified atom stereocenters. The van der Waals surface area contributed by atoms with Gasteiger partial charge in [0.15, 0.2) is 0 Å². The molecule has 0 atom stereocenters. The maximum Gasteiger partial charge on any atom is 0.0569 e. The summed E-state index contributed by atoms with van der Waals surface area (Å²) in [6.07, 6.45) is 0. The molecule has 0 aromatic carbocycles. The number of rotatable bonds is 0. The molecule has 0 aliphatic carbocycles. The molecule has 0 fully saturated rings. The Hall–Kier alpha value is -0.260. The molecule has 0 bridgehead atoms. The van der Waals surface area contributed by atoms with Crippen molar-refractivity contribution in [1.82, 2.24) is 0 Å². The molecule has 0 amide bonds. The molecular formula is C4H8. The summed E-state index contributed by atoms with van der Waals surface area (Å²) >= 11 is 0. The molecule has 0 rings (SSSR count). The summed E-state index contributed by atoms with van der Waals surface area (Å²) in [6.45, 7) is -5.63. The number of hydrogen-bond donors (Lipinski definition) is 0. The van der Waals surface area contributed by atoms with E-state index in [1.807, 2.05) is 0 Å². The van der Waals surface area contributed by atoms with E-state index in [-0.39, 0.29) is 0 Å². The number of hydrogen-bond acceptors (Lipinski definition) is 0. The van der Waals surface area contributed by atoms with Crippen LogP contribution < -0.4 is 0 Å². The molecule has 0 saturated carbocycles. The van der Waals surface area contributed by atoms with Crippen LogP contribution in [0.15, 0.2) is 12.1 Å². The first-order valence-electron chi connectivity index (χ1n) is 4.75. The molecule has 0 aromatic rings. The monoisotopic (exact) mass is 64.1 g/mol. The van der Waals surface area contributed by atoms with E-state index < -0.39 is 25.8 Å². The fraction of sp³-hybridized carbons (Fsp3) is 0.500. The Labute approximate surface area is 38.4 Å². The summed E-state index contributed by atoms with van der Waals surface area (Å²) in [5.41, 5.74) is 0. The van der Waals surface area contributed by atoms with Crippen molar-refractivity contribution in [3.63, 3.8) is 0 Å². The minimum absolute atomic E-state index is 1.12. The Kier molecular flexibility index (Phi) is 0.167. The lowest BCUT2D eigenvalue weighted by molar-refractivity contribution is 1.64. The van der Waals surface area contributed by atoms with Crippen LogP contribution in [0.25, 0.3) is 0 Å². The van der Waals surface area contributed by atoms with E-state index in [2.05, 4.69) is 0 Å². The molecule has 0 heteroatoms. The molecule has 24 valence electrons. The standard InChI is InChI=1S/C4H8/c1-3-4-2/h3-4H,1-2H3/b4-3-/i1D3,2D3,3D,4D. The molecule has 0 saturated heterocycles. The lowest BCUT2D eigenvalue weighted by Gasteiger charge is -1.49. The third kappa shape index (κ3) is 1.74. The molecule has 0 N–H and O–H groups in total. The van der Waals surface area contributed by atoms with Gasteiger partial charge in [0, 0.05) is 8.22 Å². The van der Waals surface area contributed by atoms with Crippen molar-refractivity contribution in [2.45, 2.75) is 13.7 Å². The molecule has 0 aromatic heterocycles. The zero-order valence-corrected chi connectivity index (χ0v) is 2.00. The largest absolute Gasteiger partial charge is 0.0919 e. The molecule has 0 spiro atoms. The fourth-order valence-corrected chi connectivity index (χ4v) is 0. The highest BCUT2D eigenvalue weighted by Gasteiger charge is 1.34. The van der Waals surface area contributed by atoms with Crippen LogP contribution in [-0.4, -0.2) is 0 Å². The second kappa shape index (κ2) is 2.74. The van der Waals surface area contributed by atoms with E-state index in [1.165, 1.54) is 0 Å². The summed E-state index contributed by atoms with van der Waals surface area (Å²) in [5, 5.41) is 0. The van der Waals surface area contributed by atoms with E-state index in [0.29, 0.717) is 0 Å². The highest BCUT2D eigenvalue weighted by Crippen LogP contribution is 1.57. The van der Waals surface area contributed by atoms with Gasteiger partial charge in [-0.05, 0) is 13.7 Å². The van der Waals surface area contributed by atoms with Gasteiger partial charge in [-0.3, -0.25) is 0 Å². The summed E-state index contributed by atoms with van der Waals surface area (Å²) < 4.78 is 53.7. The van der Waals surface area contributed by atoms with Crippen molar-refractivity contribution in [1.29, 1.82) is 0 Å². The second-order valence-corrected chi connectivity index (χ2v) is 0.250. The summed E-state index contributed by atoms with van der Waals surface area (Å²) in [5.74, 6) is 0. The van der Waals surface area contributed by atoms with Gasteiger partial charge in [0.05, 0.1) is 2.74 Å². The molecule has 0 aliphatic heterocycles. The van der Waals surface area contributed by atoms with Crippen LogP contribution in [0.5, 0.6) is 0 Å². The molecule has 4 heavy (non-hydrogen) atoms. The first-order chi connectivity index (χ1) is 5.07. The highest BCUT2D eigenvalue weighted by atomic mass is 13.4. The maximum atomic E-state index is 6.85. The van der Waals surface area contributed by atoms with Gasteiger partial charge in [0.25, 0.3) is 0 Å². The zero-order valence-electron chi connectivity index (χ0n) is 10.0. The van der Waals surface area contributed by atoms with E-state index >= 15 is 0 Å². The molecule has 0 heterocycles. The van der Waals surface area contributed by atoms with Crippen molar-refractivity contribution < 1.29 is 11.0 Å². The predicted molar refractivity (Wildman–Crippen MR) is 20.5 cm³/mol. The van der Waals surface area contributed by atoms with Gasteiger partial charge in [0.2, 0.25) is 0 Å². The van der Waals surface area contributed by atoms with Gasteiger partial charge >= 0.3 is 0 Å². The summed E-state index contributed by atoms with van der Waals surface area (Å²) in [7, 11) is 0. The topological polar surface area (TPSA) is 0 Å². The molecular weight excluding hydrogens is 48.0 g/mol. The highest BCUT2D eigenvalue weighted by molar-refractivity contribution is 4.68. The van der Waals surface area contributed by atoms with Crippen LogP contribution in [0.3, 0.4) is 0 Å². The van der Waals surface area contributed by atoms with Gasteiger partial charge in [-0.2, -0.15) is 0 Å². The van der Waals surface area contributed by atoms with Crippen LogP contribution in [0.4, 0.5) is 0 Å². The summed E-state index contributed by atoms with van der Waals surface area (Å²) in [4.78, 5) is 0. The quantitative estimate of drug-likeness (QED) is 0.375. The normalized spacial score (nSPS) is 50.0. The van der Waals surface area contributed by atoms with Crippen LogP contribution in [0.1, 0.15) is 24.7 Å². The van der Waals surface area contributed by atoms with Gasteiger partial charge in [-0.25, -0.2) is 0 Å². The Morgan fingerprint density at radius 2 is 2.25 bits per heavy atom. The minimum atomic E-state index is -2.81. The Morgan fingerprint density at radius 3 is 2.50 bits per heavy atom. The third-order valence-corrected chi connectivity index (χ3v) is 0.0625. The lowest BCUT2D eigenvalue weighted by Crippen LogP contribution is -1.26. The first kappa shape index (κ1) is 0.243. The van der Waals surface area contributed by atoms with Crippen LogP contribution in [-0.2, 0) is 0 Å². The third-order valence-electron chi connectivity index (χ3n) is 0.0625. The Balaban J connectivity index is 4.96. The van der Waals surface area contributed by atoms with E-state index in [4.69, 9.17) is 11.0 Å². The van der Waals surface area contributed by atoms with Gasteiger partial charge < -0.3 is 0 Å². The van der Waals surface area contributed by atoms with E-state index in [9.17, 15) is 0 Å². The number of allylic oxidation sites excluding steroid dienone is 2. The van der Waals surface area contributed by atoms with Crippen molar-refractivity contribution in [2.24, 2.45) is 0 Å². The first-order valence-corrected chi connectivity index (χ1v) is 0.750. The molecule has 0 aliphatic rings. The predicted octanol–water partition coefficient (Wildman–Crippen LogP) is 1.58. The van der Waals surface area contributed by atoms with Crippen LogP contribution in [0, 0.1) is 0 Å². The average Bonchev–Trinajstić information content (AvgIpc) is 1.80. The van der Waals surface area contributed by atoms with Gasteiger partial charge in [-0.15, -0.1) is 0 Å². The second-order valence-electron chi connectivity index (χ2n) is 0.250. The lowest BCUT2D eigenvalue weighted by atomic mass is 10.6. The SMILES string of the molecule is [2H]/C(=C(\[2H])C([2H])([2H])[2H])C([2H])([2H])[2H]. The Bertz CT molecular complexity index is 170. The summed E-state index contributed by atoms with van der Waals surface area (Å²) in [6, 6.07) is -2.25. The van der Waals surface area contributed by atoms with Crippen molar-refractivity contribution >= 4 is 0 Å². The van der Waals surface area contributed by atoms with Crippen molar-refractivity contribution in [2.75, 3.05) is 0 Å². The fourth-order valence-electron chi connectivity index (χ4n) is 0. The zero-order chi connectivity index (χ0) is 10.2. The van der Waals surface area contributed by atoms with E-state index in [0.717, 1.165) is 0 Å². The van der Waals surface area contributed by atoms with Crippen LogP contribution in [0.2, 0.25) is 0 Å². The van der Waals surface area contributed by atoms with Crippen molar-refractivity contribution in [3.05, 3.63) is 12.1 Å². The van der Waals surface area contributed by atoms with Crippen molar-refractivity contribution in [3.8, 4) is 0 Å². The Morgan fingerprint density at radius 1 is 1.75 bits per heavy atom. The van der Waals surface area contributed by atoms with Gasteiger partial charge in [-0.1, -0.05) is 12.1 Å². The average molecular weight is 64.2 g/mol. The van der Waals surface area contributed by atoms with E-state index in [1.54, 1.807) is 0 Å². The van der Waals surface area contributed by atoms with Crippen LogP contribution >= 0.6 is 0 Å². The minimum Gasteiger partial charge on any atom is -0.0919 e.